The molecule has 0 bridgehead atoms. The third kappa shape index (κ3) is 3.74. The van der Waals surface area contributed by atoms with Crippen LogP contribution in [0.3, 0.4) is 0 Å². The van der Waals surface area contributed by atoms with Crippen LogP contribution in [0.15, 0.2) is 21.3 Å². The minimum atomic E-state index is -0.453. The minimum absolute atomic E-state index is 0.151. The van der Waals surface area contributed by atoms with Gasteiger partial charge in [0, 0.05) is 19.2 Å². The van der Waals surface area contributed by atoms with Crippen LogP contribution in [0.2, 0.25) is 0 Å². The van der Waals surface area contributed by atoms with E-state index in [1.165, 1.54) is 0 Å². The summed E-state index contributed by atoms with van der Waals surface area (Å²) in [4.78, 5) is 38.4. The van der Waals surface area contributed by atoms with Gasteiger partial charge < -0.3 is 19.4 Å². The Kier molecular flexibility index (Phi) is 5.72. The summed E-state index contributed by atoms with van der Waals surface area (Å²) in [5.41, 5.74) is 2.22. The first-order valence-corrected chi connectivity index (χ1v) is 9.52. The Bertz CT molecular complexity index is 979. The van der Waals surface area contributed by atoms with Crippen molar-refractivity contribution in [3.63, 3.8) is 0 Å². The number of nitrogens with zero attached hydrogens (tertiary/aromatic N) is 1. The van der Waals surface area contributed by atoms with Crippen LogP contribution in [0.5, 0.6) is 5.75 Å². The van der Waals surface area contributed by atoms with Crippen LogP contribution in [-0.2, 0) is 9.59 Å². The maximum atomic E-state index is 12.8. The predicted octanol–water partition coefficient (Wildman–Crippen LogP) is 2.22. The number of ether oxygens (including phenoxy) is 1. The lowest BCUT2D eigenvalue weighted by Gasteiger charge is -2.34. The van der Waals surface area contributed by atoms with Gasteiger partial charge in [-0.3, -0.25) is 9.59 Å². The molecule has 1 fully saturated rings. The fourth-order valence-corrected chi connectivity index (χ4v) is 3.69. The molecule has 1 aliphatic heterocycles. The Hall–Kier alpha value is -2.83. The molecule has 0 spiro atoms. The topological polar surface area (TPSA) is 88.8 Å². The Morgan fingerprint density at radius 3 is 2.68 bits per heavy atom. The molecule has 0 saturated carbocycles. The molecule has 1 aromatic heterocycles. The van der Waals surface area contributed by atoms with Crippen molar-refractivity contribution in [2.45, 2.75) is 46.1 Å². The Morgan fingerprint density at radius 1 is 1.21 bits per heavy atom. The number of fused-ring (bicyclic) bond motifs is 1. The number of aryl methyl sites for hydroxylation is 2. The van der Waals surface area contributed by atoms with Gasteiger partial charge in [0.05, 0.1) is 5.39 Å². The van der Waals surface area contributed by atoms with Crippen molar-refractivity contribution in [3.8, 4) is 5.75 Å². The summed E-state index contributed by atoms with van der Waals surface area (Å²) in [5, 5.41) is 3.32. The number of hydrogen-bond acceptors (Lipinski definition) is 5. The highest BCUT2D eigenvalue weighted by molar-refractivity contribution is 5.90. The molecule has 3 rings (SSSR count). The maximum absolute atomic E-state index is 12.8. The molecule has 7 heteroatoms. The third-order valence-corrected chi connectivity index (χ3v) is 5.38. The maximum Gasteiger partial charge on any atom is 0.339 e. The molecule has 2 aromatic rings. The summed E-state index contributed by atoms with van der Waals surface area (Å²) in [6.07, 6.45) is 2.45. The minimum Gasteiger partial charge on any atom is -0.483 e. The normalized spacial score (nSPS) is 16.9. The number of likely N-dealkylation sites (N-methyl/N-ethyl adjacent to an activating group) is 1. The summed E-state index contributed by atoms with van der Waals surface area (Å²) in [5.74, 6) is 0.123. The fourth-order valence-electron chi connectivity index (χ4n) is 3.69. The zero-order chi connectivity index (χ0) is 20.4. The molecule has 7 nitrogen and oxygen atoms in total. The zero-order valence-corrected chi connectivity index (χ0v) is 16.8. The molecule has 2 amide bonds. The molecule has 1 atom stereocenters. The molecule has 28 heavy (non-hydrogen) atoms. The van der Waals surface area contributed by atoms with Gasteiger partial charge in [-0.15, -0.1) is 0 Å². The van der Waals surface area contributed by atoms with E-state index in [2.05, 4.69) is 5.32 Å². The average Bonchev–Trinajstić information content (AvgIpc) is 2.69. The Morgan fingerprint density at radius 2 is 1.96 bits per heavy atom. The number of hydrogen-bond donors (Lipinski definition) is 1. The highest BCUT2D eigenvalue weighted by Gasteiger charge is 2.31. The third-order valence-electron chi connectivity index (χ3n) is 5.38. The van der Waals surface area contributed by atoms with Crippen LogP contribution < -0.4 is 15.7 Å². The summed E-state index contributed by atoms with van der Waals surface area (Å²) in [7, 11) is 1.58. The Labute approximate surface area is 163 Å². The lowest BCUT2D eigenvalue weighted by molar-refractivity contribution is -0.143. The van der Waals surface area contributed by atoms with Crippen LogP contribution in [-0.4, -0.2) is 43.0 Å². The van der Waals surface area contributed by atoms with Crippen molar-refractivity contribution in [2.24, 2.45) is 0 Å². The fraction of sp³-hybridized carbons (Fsp3) is 0.476. The van der Waals surface area contributed by atoms with E-state index < -0.39 is 6.04 Å². The molecule has 1 N–H and O–H groups in total. The second-order valence-corrected chi connectivity index (χ2v) is 7.28. The number of benzene rings is 1. The van der Waals surface area contributed by atoms with Gasteiger partial charge in [0.1, 0.15) is 17.4 Å². The van der Waals surface area contributed by atoms with Crippen molar-refractivity contribution in [2.75, 3.05) is 20.2 Å². The van der Waals surface area contributed by atoms with Gasteiger partial charge in [0.15, 0.2) is 6.61 Å². The molecule has 0 radical (unpaired) electrons. The van der Waals surface area contributed by atoms with Crippen LogP contribution in [0.25, 0.3) is 11.0 Å². The van der Waals surface area contributed by atoms with E-state index in [0.29, 0.717) is 35.2 Å². The Balaban J connectivity index is 1.87. The van der Waals surface area contributed by atoms with Gasteiger partial charge in [-0.25, -0.2) is 4.79 Å². The molecule has 0 aliphatic carbocycles. The lowest BCUT2D eigenvalue weighted by Crippen LogP contribution is -2.52. The second-order valence-electron chi connectivity index (χ2n) is 7.28. The smallest absolute Gasteiger partial charge is 0.339 e. The number of piperidine rings is 1. The van der Waals surface area contributed by atoms with Gasteiger partial charge in [-0.1, -0.05) is 0 Å². The summed E-state index contributed by atoms with van der Waals surface area (Å²) >= 11 is 0. The van der Waals surface area contributed by atoms with Crippen molar-refractivity contribution >= 4 is 22.8 Å². The van der Waals surface area contributed by atoms with Gasteiger partial charge in [0.25, 0.3) is 5.91 Å². The highest BCUT2D eigenvalue weighted by Crippen LogP contribution is 2.31. The number of amides is 2. The first-order valence-electron chi connectivity index (χ1n) is 9.52. The van der Waals surface area contributed by atoms with Crippen LogP contribution in [0, 0.1) is 20.8 Å². The van der Waals surface area contributed by atoms with Crippen LogP contribution in [0.4, 0.5) is 0 Å². The van der Waals surface area contributed by atoms with Crippen LogP contribution in [0.1, 0.15) is 36.0 Å². The van der Waals surface area contributed by atoms with Gasteiger partial charge in [-0.05, 0) is 63.3 Å². The van der Waals surface area contributed by atoms with E-state index >= 15 is 0 Å². The average molecular weight is 386 g/mol. The molecule has 1 aromatic carbocycles. The SMILES string of the molecule is CNC(=O)C1CCCCN1C(=O)COc1cc(C)cc2oc(=O)c(C)c(C)c12. The second kappa shape index (κ2) is 8.04. The first-order chi connectivity index (χ1) is 13.3. The highest BCUT2D eigenvalue weighted by atomic mass is 16.5. The standard InChI is InChI=1S/C21H26N2O5/c1-12-9-16(19-13(2)14(3)21(26)28-17(19)10-12)27-11-18(24)23-8-6-5-7-15(23)20(25)22-4/h9-10,15H,5-8,11H2,1-4H3,(H,22,25). The van der Waals surface area contributed by atoms with E-state index in [0.717, 1.165) is 24.0 Å². The monoisotopic (exact) mass is 386 g/mol. The molecular weight excluding hydrogens is 360 g/mol. The number of carbonyl (C=O) groups is 2. The van der Waals surface area contributed by atoms with Crippen LogP contribution >= 0.6 is 0 Å². The van der Waals surface area contributed by atoms with Crippen molar-refractivity contribution in [1.29, 1.82) is 0 Å². The van der Waals surface area contributed by atoms with Gasteiger partial charge in [-0.2, -0.15) is 0 Å². The van der Waals surface area contributed by atoms with Gasteiger partial charge in [0.2, 0.25) is 5.91 Å². The largest absolute Gasteiger partial charge is 0.483 e. The van der Waals surface area contributed by atoms with E-state index in [1.807, 2.05) is 19.9 Å². The van der Waals surface area contributed by atoms with E-state index in [-0.39, 0.29) is 24.0 Å². The quantitative estimate of drug-likeness (QED) is 0.814. The first kappa shape index (κ1) is 19.9. The molecule has 150 valence electrons. The molecular formula is C21H26N2O5. The predicted molar refractivity (Wildman–Crippen MR) is 106 cm³/mol. The van der Waals surface area contributed by atoms with Crippen molar-refractivity contribution in [3.05, 3.63) is 39.2 Å². The van der Waals surface area contributed by atoms with E-state index in [1.54, 1.807) is 24.9 Å². The molecule has 1 unspecified atom stereocenters. The van der Waals surface area contributed by atoms with E-state index in [4.69, 9.17) is 9.15 Å². The summed E-state index contributed by atoms with van der Waals surface area (Å²) in [6.45, 7) is 5.78. The zero-order valence-electron chi connectivity index (χ0n) is 16.8. The molecule has 1 aliphatic rings. The number of carbonyl (C=O) groups excluding carboxylic acids is 2. The van der Waals surface area contributed by atoms with Crippen molar-refractivity contribution < 1.29 is 18.7 Å². The van der Waals surface area contributed by atoms with Crippen molar-refractivity contribution in [1.82, 2.24) is 10.2 Å². The number of nitrogens with one attached hydrogen (secondary N) is 1. The summed E-state index contributed by atoms with van der Waals surface area (Å²) < 4.78 is 11.3. The molecule has 2 heterocycles. The lowest BCUT2D eigenvalue weighted by atomic mass is 10.0. The summed E-state index contributed by atoms with van der Waals surface area (Å²) in [6, 6.07) is 3.16. The number of likely N-dealkylation sites (tertiary alicyclic amines) is 1. The molecule has 1 saturated heterocycles. The van der Waals surface area contributed by atoms with E-state index in [9.17, 15) is 14.4 Å². The number of rotatable bonds is 4. The van der Waals surface area contributed by atoms with Gasteiger partial charge >= 0.3 is 5.63 Å².